The van der Waals surface area contributed by atoms with Gasteiger partial charge < -0.3 is 4.74 Å². The van der Waals surface area contributed by atoms with Crippen LogP contribution in [0, 0.1) is 6.92 Å². The van der Waals surface area contributed by atoms with Crippen LogP contribution in [0.2, 0.25) is 5.02 Å². The molecule has 4 rings (SSSR count). The van der Waals surface area contributed by atoms with Gasteiger partial charge in [-0.2, -0.15) is 0 Å². The summed E-state index contributed by atoms with van der Waals surface area (Å²) in [5, 5.41) is 4.57. The number of benzene rings is 2. The molecule has 0 saturated heterocycles. The van der Waals surface area contributed by atoms with Crippen molar-refractivity contribution in [3.05, 3.63) is 71.4 Å². The highest BCUT2D eigenvalue weighted by Gasteiger charge is 2.17. The number of aromatic nitrogens is 3. The lowest BCUT2D eigenvalue weighted by Crippen LogP contribution is -2.13. The van der Waals surface area contributed by atoms with Gasteiger partial charge in [-0.15, -0.1) is 5.10 Å². The summed E-state index contributed by atoms with van der Waals surface area (Å²) in [7, 11) is -2.23. The smallest absolute Gasteiger partial charge is 0.261 e. The SMILES string of the molecule is COc1ccc2nc(-c3ccc(Cl)c(NS(=O)(=O)c4ccc(C)cc4)c3)cn2n1. The first-order chi connectivity index (χ1) is 13.9. The second-order valence-electron chi connectivity index (χ2n) is 6.42. The number of methoxy groups -OCH3 is 1. The molecule has 7 nitrogen and oxygen atoms in total. The largest absolute Gasteiger partial charge is 0.480 e. The number of halogens is 1. The van der Waals surface area contributed by atoms with E-state index in [2.05, 4.69) is 14.8 Å². The Morgan fingerprint density at radius 2 is 1.83 bits per heavy atom. The lowest BCUT2D eigenvalue weighted by molar-refractivity contribution is 0.390. The number of anilines is 1. The van der Waals surface area contributed by atoms with Crippen LogP contribution in [-0.4, -0.2) is 30.1 Å². The van der Waals surface area contributed by atoms with Gasteiger partial charge in [-0.05, 0) is 37.3 Å². The van der Waals surface area contributed by atoms with Crippen molar-refractivity contribution in [3.63, 3.8) is 0 Å². The Morgan fingerprint density at radius 1 is 1.07 bits per heavy atom. The average molecular weight is 429 g/mol. The van der Waals surface area contributed by atoms with Gasteiger partial charge in [0.2, 0.25) is 5.88 Å². The highest BCUT2D eigenvalue weighted by Crippen LogP contribution is 2.30. The molecule has 0 saturated carbocycles. The van der Waals surface area contributed by atoms with E-state index in [0.717, 1.165) is 5.56 Å². The summed E-state index contributed by atoms with van der Waals surface area (Å²) in [6.07, 6.45) is 1.74. The zero-order chi connectivity index (χ0) is 20.6. The highest BCUT2D eigenvalue weighted by atomic mass is 35.5. The minimum Gasteiger partial charge on any atom is -0.480 e. The van der Waals surface area contributed by atoms with Crippen LogP contribution >= 0.6 is 11.6 Å². The minimum absolute atomic E-state index is 0.161. The van der Waals surface area contributed by atoms with Gasteiger partial charge in [0.1, 0.15) is 0 Å². The maximum absolute atomic E-state index is 12.7. The molecule has 0 bridgehead atoms. The second-order valence-corrected chi connectivity index (χ2v) is 8.51. The number of hydrogen-bond donors (Lipinski definition) is 1. The topological polar surface area (TPSA) is 85.6 Å². The molecule has 0 fully saturated rings. The van der Waals surface area contributed by atoms with E-state index in [9.17, 15) is 8.42 Å². The summed E-state index contributed by atoms with van der Waals surface area (Å²) < 4.78 is 34.7. The highest BCUT2D eigenvalue weighted by molar-refractivity contribution is 7.92. The molecule has 1 N–H and O–H groups in total. The fourth-order valence-electron chi connectivity index (χ4n) is 2.80. The van der Waals surface area contributed by atoms with E-state index in [1.807, 2.05) is 6.92 Å². The first kappa shape index (κ1) is 19.2. The number of nitrogens with zero attached hydrogens (tertiary/aromatic N) is 3. The van der Waals surface area contributed by atoms with E-state index >= 15 is 0 Å². The maximum Gasteiger partial charge on any atom is 0.261 e. The molecular weight excluding hydrogens is 412 g/mol. The van der Waals surface area contributed by atoms with Gasteiger partial charge in [-0.3, -0.25) is 4.72 Å². The lowest BCUT2D eigenvalue weighted by Gasteiger charge is -2.11. The number of sulfonamides is 1. The van der Waals surface area contributed by atoms with Gasteiger partial charge >= 0.3 is 0 Å². The first-order valence-electron chi connectivity index (χ1n) is 8.65. The van der Waals surface area contributed by atoms with E-state index in [1.165, 1.54) is 7.11 Å². The molecule has 0 amide bonds. The summed E-state index contributed by atoms with van der Waals surface area (Å²) in [5.41, 5.74) is 3.20. The van der Waals surface area contributed by atoms with Crippen LogP contribution in [0.5, 0.6) is 5.88 Å². The van der Waals surface area contributed by atoms with E-state index in [-0.39, 0.29) is 15.6 Å². The van der Waals surface area contributed by atoms with Crippen LogP contribution in [0.25, 0.3) is 16.9 Å². The molecule has 2 heterocycles. The Morgan fingerprint density at radius 3 is 2.55 bits per heavy atom. The number of rotatable bonds is 5. The molecule has 0 aliphatic carbocycles. The Balaban J connectivity index is 1.70. The van der Waals surface area contributed by atoms with Crippen LogP contribution < -0.4 is 9.46 Å². The molecule has 0 spiro atoms. The molecular formula is C20H17ClN4O3S. The summed E-state index contributed by atoms with van der Waals surface area (Å²) >= 11 is 6.24. The third-order valence-corrected chi connectivity index (χ3v) is 6.05. The van der Waals surface area contributed by atoms with Gasteiger partial charge in [0, 0.05) is 11.6 Å². The quantitative estimate of drug-likeness (QED) is 0.515. The second kappa shape index (κ2) is 7.38. The number of aryl methyl sites for hydroxylation is 1. The van der Waals surface area contributed by atoms with Crippen molar-refractivity contribution >= 4 is 33.0 Å². The predicted molar refractivity (Wildman–Crippen MR) is 112 cm³/mol. The number of imidazole rings is 1. The van der Waals surface area contributed by atoms with Crippen molar-refractivity contribution in [2.24, 2.45) is 0 Å². The summed E-state index contributed by atoms with van der Waals surface area (Å²) in [6.45, 7) is 1.89. The van der Waals surface area contributed by atoms with Gasteiger partial charge in [0.05, 0.1) is 34.6 Å². The zero-order valence-electron chi connectivity index (χ0n) is 15.6. The Kier molecular flexibility index (Phi) is 4.89. The standard InChI is InChI=1S/C20H17ClN4O3S/c1-13-3-6-15(7-4-13)29(26,27)24-17-11-14(5-8-16(17)21)18-12-25-19(22-18)9-10-20(23-25)28-2/h3-12,24H,1-2H3. The summed E-state index contributed by atoms with van der Waals surface area (Å²) in [4.78, 5) is 4.68. The number of hydrogen-bond acceptors (Lipinski definition) is 5. The van der Waals surface area contributed by atoms with Crippen LogP contribution in [0.3, 0.4) is 0 Å². The van der Waals surface area contributed by atoms with Crippen molar-refractivity contribution < 1.29 is 13.2 Å². The molecule has 0 atom stereocenters. The van der Waals surface area contributed by atoms with Crippen LogP contribution in [0.1, 0.15) is 5.56 Å². The third kappa shape index (κ3) is 3.90. The van der Waals surface area contributed by atoms with Gasteiger partial charge in [-0.25, -0.2) is 17.9 Å². The van der Waals surface area contributed by atoms with Crippen molar-refractivity contribution in [1.82, 2.24) is 14.6 Å². The number of nitrogens with one attached hydrogen (secondary N) is 1. The summed E-state index contributed by atoms with van der Waals surface area (Å²) in [5.74, 6) is 0.462. The minimum atomic E-state index is -3.77. The van der Waals surface area contributed by atoms with Gasteiger partial charge in [-0.1, -0.05) is 35.4 Å². The Hall–Kier alpha value is -3.10. The van der Waals surface area contributed by atoms with Gasteiger partial charge in [0.15, 0.2) is 5.65 Å². The van der Waals surface area contributed by atoms with Crippen LogP contribution in [-0.2, 0) is 10.0 Å². The van der Waals surface area contributed by atoms with Crippen molar-refractivity contribution in [2.45, 2.75) is 11.8 Å². The molecule has 0 aliphatic rings. The molecule has 9 heteroatoms. The van der Waals surface area contributed by atoms with Gasteiger partial charge in [0.25, 0.3) is 10.0 Å². The third-order valence-electron chi connectivity index (χ3n) is 4.34. The fourth-order valence-corrected chi connectivity index (χ4v) is 4.09. The normalized spacial score (nSPS) is 11.6. The molecule has 2 aromatic carbocycles. The zero-order valence-corrected chi connectivity index (χ0v) is 17.2. The molecule has 4 aromatic rings. The predicted octanol–water partition coefficient (Wildman–Crippen LogP) is 4.17. The molecule has 148 valence electrons. The van der Waals surface area contributed by atoms with Crippen molar-refractivity contribution in [2.75, 3.05) is 11.8 Å². The van der Waals surface area contributed by atoms with Crippen molar-refractivity contribution in [1.29, 1.82) is 0 Å². The molecule has 29 heavy (non-hydrogen) atoms. The summed E-state index contributed by atoms with van der Waals surface area (Å²) in [6, 6.07) is 15.1. The van der Waals surface area contributed by atoms with Crippen LogP contribution in [0.4, 0.5) is 5.69 Å². The molecule has 2 aromatic heterocycles. The molecule has 0 unspecified atom stereocenters. The monoisotopic (exact) mass is 428 g/mol. The lowest BCUT2D eigenvalue weighted by atomic mass is 10.1. The van der Waals surface area contributed by atoms with E-state index < -0.39 is 10.0 Å². The molecule has 0 aliphatic heterocycles. The number of ether oxygens (including phenoxy) is 1. The Labute approximate surface area is 173 Å². The maximum atomic E-state index is 12.7. The van der Waals surface area contributed by atoms with E-state index in [4.69, 9.17) is 16.3 Å². The Bertz CT molecular complexity index is 1300. The van der Waals surface area contributed by atoms with Crippen LogP contribution in [0.15, 0.2) is 65.7 Å². The van der Waals surface area contributed by atoms with E-state index in [0.29, 0.717) is 22.8 Å². The number of fused-ring (bicyclic) bond motifs is 1. The van der Waals surface area contributed by atoms with E-state index in [1.54, 1.807) is 65.3 Å². The average Bonchev–Trinajstić information content (AvgIpc) is 3.13. The molecule has 0 radical (unpaired) electrons. The first-order valence-corrected chi connectivity index (χ1v) is 10.5. The van der Waals surface area contributed by atoms with Crippen molar-refractivity contribution in [3.8, 4) is 17.1 Å². The fraction of sp³-hybridized carbons (Fsp3) is 0.100.